The summed E-state index contributed by atoms with van der Waals surface area (Å²) in [6.45, 7) is 6.42. The third kappa shape index (κ3) is 3.56. The van der Waals surface area contributed by atoms with E-state index >= 15 is 0 Å². The number of hydrogen-bond donors (Lipinski definition) is 0. The fraction of sp³-hybridized carbons (Fsp3) is 0.944. The van der Waals surface area contributed by atoms with E-state index in [1.54, 1.807) is 0 Å². The van der Waals surface area contributed by atoms with Gasteiger partial charge in [-0.15, -0.1) is 0 Å². The van der Waals surface area contributed by atoms with Gasteiger partial charge in [-0.3, -0.25) is 4.79 Å². The number of hydrogen-bond acceptors (Lipinski definition) is 1. The van der Waals surface area contributed by atoms with Gasteiger partial charge < -0.3 is 4.90 Å². The molecule has 2 rings (SSSR count). The third-order valence-corrected chi connectivity index (χ3v) is 5.63. The van der Waals surface area contributed by atoms with Crippen LogP contribution in [0.3, 0.4) is 0 Å². The summed E-state index contributed by atoms with van der Waals surface area (Å²) in [6.07, 6.45) is 13.9. The highest BCUT2D eigenvalue weighted by Crippen LogP contribution is 2.34. The van der Waals surface area contributed by atoms with E-state index < -0.39 is 0 Å². The van der Waals surface area contributed by atoms with E-state index in [4.69, 9.17) is 0 Å². The molecule has 2 nitrogen and oxygen atoms in total. The van der Waals surface area contributed by atoms with Crippen molar-refractivity contribution in [2.24, 2.45) is 5.41 Å². The van der Waals surface area contributed by atoms with Crippen LogP contribution in [0, 0.1) is 5.41 Å². The summed E-state index contributed by atoms with van der Waals surface area (Å²) < 4.78 is 0. The van der Waals surface area contributed by atoms with Crippen molar-refractivity contribution in [2.45, 2.75) is 103 Å². The molecule has 0 bridgehead atoms. The van der Waals surface area contributed by atoms with E-state index in [9.17, 15) is 4.79 Å². The van der Waals surface area contributed by atoms with Gasteiger partial charge >= 0.3 is 0 Å². The van der Waals surface area contributed by atoms with Crippen LogP contribution in [0.5, 0.6) is 0 Å². The Labute approximate surface area is 125 Å². The zero-order chi connectivity index (χ0) is 14.6. The van der Waals surface area contributed by atoms with Gasteiger partial charge in [0.1, 0.15) is 0 Å². The second kappa shape index (κ2) is 6.95. The molecule has 20 heavy (non-hydrogen) atoms. The molecule has 0 unspecified atom stereocenters. The van der Waals surface area contributed by atoms with Crippen LogP contribution >= 0.6 is 0 Å². The van der Waals surface area contributed by atoms with Crippen LogP contribution in [0.1, 0.15) is 91.4 Å². The van der Waals surface area contributed by atoms with Gasteiger partial charge in [-0.05, 0) is 32.1 Å². The Balaban J connectivity index is 2.15. The van der Waals surface area contributed by atoms with Gasteiger partial charge in [0.15, 0.2) is 0 Å². The van der Waals surface area contributed by atoms with E-state index in [-0.39, 0.29) is 5.41 Å². The minimum absolute atomic E-state index is 0.186. The summed E-state index contributed by atoms with van der Waals surface area (Å²) >= 11 is 0. The number of carbonyl (C=O) groups is 1. The van der Waals surface area contributed by atoms with Gasteiger partial charge in [-0.25, -0.2) is 0 Å². The SMILES string of the molecule is CCC(C)(C)C(=O)N(C1CCCCC1)C1CCCCC1. The average Bonchev–Trinajstić information content (AvgIpc) is 2.49. The third-order valence-electron chi connectivity index (χ3n) is 5.63. The number of rotatable bonds is 4. The fourth-order valence-electron chi connectivity index (χ4n) is 3.85. The molecule has 0 aliphatic heterocycles. The molecule has 0 aromatic heterocycles. The Morgan fingerprint density at radius 3 is 1.65 bits per heavy atom. The number of amides is 1. The highest BCUT2D eigenvalue weighted by Gasteiger charge is 2.38. The largest absolute Gasteiger partial charge is 0.336 e. The predicted octanol–water partition coefficient (Wildman–Crippen LogP) is 4.92. The van der Waals surface area contributed by atoms with Crippen LogP contribution in [0.2, 0.25) is 0 Å². The Hall–Kier alpha value is -0.530. The maximum atomic E-state index is 13.1. The van der Waals surface area contributed by atoms with Crippen LogP contribution in [-0.4, -0.2) is 22.9 Å². The molecule has 2 heteroatoms. The minimum atomic E-state index is -0.186. The Kier molecular flexibility index (Phi) is 5.51. The first-order valence-corrected chi connectivity index (χ1v) is 8.89. The summed E-state index contributed by atoms with van der Waals surface area (Å²) in [5.41, 5.74) is -0.186. The molecule has 0 N–H and O–H groups in total. The Morgan fingerprint density at radius 1 is 0.900 bits per heavy atom. The second-order valence-electron chi connectivity index (χ2n) is 7.53. The molecule has 0 heterocycles. The molecular formula is C18H33NO. The summed E-state index contributed by atoms with van der Waals surface area (Å²) in [4.78, 5) is 15.5. The maximum absolute atomic E-state index is 13.1. The molecule has 2 saturated carbocycles. The van der Waals surface area contributed by atoms with E-state index in [1.165, 1.54) is 64.2 Å². The molecule has 0 aromatic rings. The smallest absolute Gasteiger partial charge is 0.228 e. The molecule has 0 radical (unpaired) electrons. The molecule has 0 spiro atoms. The maximum Gasteiger partial charge on any atom is 0.228 e. The van der Waals surface area contributed by atoms with Gasteiger partial charge in [0.2, 0.25) is 5.91 Å². The van der Waals surface area contributed by atoms with Crippen LogP contribution in [-0.2, 0) is 4.79 Å². The van der Waals surface area contributed by atoms with E-state index in [1.807, 2.05) is 0 Å². The Bertz CT molecular complexity index is 293. The molecule has 1 amide bonds. The highest BCUT2D eigenvalue weighted by molar-refractivity contribution is 5.82. The molecule has 2 aliphatic rings. The molecule has 0 saturated heterocycles. The van der Waals surface area contributed by atoms with Crippen LogP contribution in [0.15, 0.2) is 0 Å². The lowest BCUT2D eigenvalue weighted by atomic mass is 9.83. The molecule has 0 aromatic carbocycles. The van der Waals surface area contributed by atoms with Gasteiger partial charge in [0.05, 0.1) is 0 Å². The van der Waals surface area contributed by atoms with Crippen molar-refractivity contribution in [2.75, 3.05) is 0 Å². The molecule has 2 fully saturated rings. The first kappa shape index (κ1) is 15.9. The zero-order valence-corrected chi connectivity index (χ0v) is 13.8. The van der Waals surface area contributed by atoms with Crippen LogP contribution in [0.25, 0.3) is 0 Å². The summed E-state index contributed by atoms with van der Waals surface area (Å²) in [5, 5.41) is 0. The van der Waals surface area contributed by atoms with Crippen molar-refractivity contribution in [1.29, 1.82) is 0 Å². The second-order valence-corrected chi connectivity index (χ2v) is 7.53. The first-order chi connectivity index (χ1) is 9.56. The zero-order valence-electron chi connectivity index (χ0n) is 13.8. The van der Waals surface area contributed by atoms with Crippen molar-refractivity contribution in [3.63, 3.8) is 0 Å². The average molecular weight is 279 g/mol. The standard InChI is InChI=1S/C18H33NO/c1-4-18(2,3)17(20)19(15-11-7-5-8-12-15)16-13-9-6-10-14-16/h15-16H,4-14H2,1-3H3. The molecular weight excluding hydrogens is 246 g/mol. The van der Waals surface area contributed by atoms with Gasteiger partial charge in [0.25, 0.3) is 0 Å². The summed E-state index contributed by atoms with van der Waals surface area (Å²) in [5.74, 6) is 0.429. The lowest BCUT2D eigenvalue weighted by Gasteiger charge is -2.45. The number of nitrogens with zero attached hydrogens (tertiary/aromatic N) is 1. The van der Waals surface area contributed by atoms with E-state index in [0.717, 1.165) is 6.42 Å². The van der Waals surface area contributed by atoms with Crippen LogP contribution in [0.4, 0.5) is 0 Å². The molecule has 0 atom stereocenters. The predicted molar refractivity (Wildman–Crippen MR) is 84.7 cm³/mol. The minimum Gasteiger partial charge on any atom is -0.336 e. The van der Waals surface area contributed by atoms with E-state index in [2.05, 4.69) is 25.7 Å². The summed E-state index contributed by atoms with van der Waals surface area (Å²) in [6, 6.07) is 1.07. The number of carbonyl (C=O) groups excluding carboxylic acids is 1. The van der Waals surface area contributed by atoms with Crippen LogP contribution < -0.4 is 0 Å². The van der Waals surface area contributed by atoms with Crippen molar-refractivity contribution in [3.05, 3.63) is 0 Å². The van der Waals surface area contributed by atoms with Crippen molar-refractivity contribution >= 4 is 5.91 Å². The van der Waals surface area contributed by atoms with Crippen molar-refractivity contribution in [3.8, 4) is 0 Å². The highest BCUT2D eigenvalue weighted by atomic mass is 16.2. The quantitative estimate of drug-likeness (QED) is 0.715. The lowest BCUT2D eigenvalue weighted by Crippen LogP contribution is -2.53. The van der Waals surface area contributed by atoms with Gasteiger partial charge in [0, 0.05) is 17.5 Å². The normalized spacial score (nSPS) is 22.8. The topological polar surface area (TPSA) is 20.3 Å². The molecule has 2 aliphatic carbocycles. The first-order valence-electron chi connectivity index (χ1n) is 8.89. The summed E-state index contributed by atoms with van der Waals surface area (Å²) in [7, 11) is 0. The van der Waals surface area contributed by atoms with Gasteiger partial charge in [-0.2, -0.15) is 0 Å². The van der Waals surface area contributed by atoms with Crippen molar-refractivity contribution in [1.82, 2.24) is 4.90 Å². The van der Waals surface area contributed by atoms with E-state index in [0.29, 0.717) is 18.0 Å². The fourth-order valence-corrected chi connectivity index (χ4v) is 3.85. The van der Waals surface area contributed by atoms with Gasteiger partial charge in [-0.1, -0.05) is 59.3 Å². The Morgan fingerprint density at radius 2 is 1.30 bits per heavy atom. The molecule has 116 valence electrons. The monoisotopic (exact) mass is 279 g/mol. The van der Waals surface area contributed by atoms with Crippen molar-refractivity contribution < 1.29 is 4.79 Å². The lowest BCUT2D eigenvalue weighted by molar-refractivity contribution is -0.147.